The van der Waals surface area contributed by atoms with Crippen molar-refractivity contribution in [1.29, 1.82) is 0 Å². The van der Waals surface area contributed by atoms with Crippen molar-refractivity contribution in [2.75, 3.05) is 26.7 Å². The molecule has 4 heteroatoms. The number of hydrogen-bond acceptors (Lipinski definition) is 3. The molecule has 0 N–H and O–H groups in total. The molecular weight excluding hydrogens is 312 g/mol. The Kier molecular flexibility index (Phi) is 7.30. The summed E-state index contributed by atoms with van der Waals surface area (Å²) >= 11 is 0. The van der Waals surface area contributed by atoms with Gasteiger partial charge in [-0.1, -0.05) is 12.1 Å². The van der Waals surface area contributed by atoms with E-state index in [1.165, 1.54) is 5.56 Å². The molecular formula is C21H34N2O2. The summed E-state index contributed by atoms with van der Waals surface area (Å²) in [7, 11) is 1.68. The highest BCUT2D eigenvalue weighted by atomic mass is 16.5. The van der Waals surface area contributed by atoms with Crippen LogP contribution in [0.1, 0.15) is 46.1 Å². The number of likely N-dealkylation sites (tertiary alicyclic amines) is 1. The van der Waals surface area contributed by atoms with Crippen LogP contribution in [-0.2, 0) is 11.2 Å². The minimum atomic E-state index is 0.188. The van der Waals surface area contributed by atoms with E-state index in [4.69, 9.17) is 4.74 Å². The Morgan fingerprint density at radius 1 is 1.20 bits per heavy atom. The molecule has 1 amide bonds. The fourth-order valence-electron chi connectivity index (χ4n) is 3.79. The van der Waals surface area contributed by atoms with Crippen LogP contribution in [0.5, 0.6) is 5.75 Å². The lowest BCUT2D eigenvalue weighted by molar-refractivity contribution is -0.139. The van der Waals surface area contributed by atoms with Gasteiger partial charge in [0.15, 0.2) is 0 Å². The maximum absolute atomic E-state index is 13.0. The highest BCUT2D eigenvalue weighted by Crippen LogP contribution is 2.23. The summed E-state index contributed by atoms with van der Waals surface area (Å²) in [4.78, 5) is 17.6. The van der Waals surface area contributed by atoms with Crippen molar-refractivity contribution < 1.29 is 9.53 Å². The normalized spacial score (nSPS) is 17.5. The third-order valence-electron chi connectivity index (χ3n) is 5.46. The Hall–Kier alpha value is -1.55. The van der Waals surface area contributed by atoms with Gasteiger partial charge in [0.05, 0.1) is 7.11 Å². The van der Waals surface area contributed by atoms with E-state index in [1.54, 1.807) is 7.11 Å². The maximum Gasteiger partial charge on any atom is 0.226 e. The van der Waals surface area contributed by atoms with Gasteiger partial charge in [0, 0.05) is 24.5 Å². The van der Waals surface area contributed by atoms with Gasteiger partial charge in [-0.05, 0) is 77.7 Å². The SMILES string of the molecule is CCN(C(=O)C1CCN(C(C)C)CC1)[C@H](C)Cc1ccc(OC)cc1. The van der Waals surface area contributed by atoms with E-state index in [-0.39, 0.29) is 12.0 Å². The third-order valence-corrected chi connectivity index (χ3v) is 5.46. The van der Waals surface area contributed by atoms with Crippen molar-refractivity contribution >= 4 is 5.91 Å². The zero-order chi connectivity index (χ0) is 18.4. The van der Waals surface area contributed by atoms with E-state index in [1.807, 2.05) is 12.1 Å². The molecule has 0 radical (unpaired) electrons. The summed E-state index contributed by atoms with van der Waals surface area (Å²) in [6.45, 7) is 11.6. The van der Waals surface area contributed by atoms with Crippen LogP contribution >= 0.6 is 0 Å². The Morgan fingerprint density at radius 3 is 2.28 bits per heavy atom. The van der Waals surface area contributed by atoms with Crippen LogP contribution < -0.4 is 4.74 Å². The molecule has 1 fully saturated rings. The van der Waals surface area contributed by atoms with Gasteiger partial charge in [-0.25, -0.2) is 0 Å². The number of rotatable bonds is 7. The van der Waals surface area contributed by atoms with Crippen LogP contribution in [0.25, 0.3) is 0 Å². The predicted molar refractivity (Wildman–Crippen MR) is 103 cm³/mol. The van der Waals surface area contributed by atoms with Crippen LogP contribution in [0.2, 0.25) is 0 Å². The molecule has 25 heavy (non-hydrogen) atoms. The van der Waals surface area contributed by atoms with E-state index < -0.39 is 0 Å². The van der Waals surface area contributed by atoms with Crippen molar-refractivity contribution in [1.82, 2.24) is 9.80 Å². The van der Waals surface area contributed by atoms with Gasteiger partial charge in [0.1, 0.15) is 5.75 Å². The molecule has 2 rings (SSSR count). The summed E-state index contributed by atoms with van der Waals surface area (Å²) in [6.07, 6.45) is 2.86. The van der Waals surface area contributed by atoms with Gasteiger partial charge in [-0.2, -0.15) is 0 Å². The first-order chi connectivity index (χ1) is 12.0. The summed E-state index contributed by atoms with van der Waals surface area (Å²) in [6, 6.07) is 8.95. The number of amides is 1. The Labute approximate surface area is 153 Å². The number of likely N-dealkylation sites (N-methyl/N-ethyl adjacent to an activating group) is 1. The monoisotopic (exact) mass is 346 g/mol. The minimum Gasteiger partial charge on any atom is -0.497 e. The molecule has 0 aliphatic carbocycles. The molecule has 0 aromatic heterocycles. The number of methoxy groups -OCH3 is 1. The number of carbonyl (C=O) groups is 1. The van der Waals surface area contributed by atoms with Crippen molar-refractivity contribution in [2.24, 2.45) is 5.92 Å². The Balaban J connectivity index is 1.94. The van der Waals surface area contributed by atoms with Crippen molar-refractivity contribution in [3.05, 3.63) is 29.8 Å². The molecule has 0 saturated carbocycles. The standard InChI is InChI=1S/C21H34N2O2/c1-6-23(17(4)15-18-7-9-20(25-5)10-8-18)21(24)19-11-13-22(14-12-19)16(2)3/h7-10,16-17,19H,6,11-15H2,1-5H3/t17-/m1/s1. The lowest BCUT2D eigenvalue weighted by atomic mass is 9.93. The molecule has 1 aromatic carbocycles. The zero-order valence-corrected chi connectivity index (χ0v) is 16.5. The fraction of sp³-hybridized carbons (Fsp3) is 0.667. The molecule has 0 spiro atoms. The van der Waals surface area contributed by atoms with E-state index in [9.17, 15) is 4.79 Å². The number of carbonyl (C=O) groups excluding carboxylic acids is 1. The van der Waals surface area contributed by atoms with E-state index in [0.717, 1.165) is 44.6 Å². The third kappa shape index (κ3) is 5.21. The quantitative estimate of drug-likeness (QED) is 0.756. The minimum absolute atomic E-state index is 0.188. The summed E-state index contributed by atoms with van der Waals surface area (Å²) < 4.78 is 5.22. The molecule has 1 saturated heterocycles. The van der Waals surface area contributed by atoms with Crippen molar-refractivity contribution in [3.8, 4) is 5.75 Å². The second-order valence-electron chi connectivity index (χ2n) is 7.43. The highest BCUT2D eigenvalue weighted by Gasteiger charge is 2.30. The second kappa shape index (κ2) is 9.23. The molecule has 1 aliphatic heterocycles. The number of hydrogen-bond donors (Lipinski definition) is 0. The highest BCUT2D eigenvalue weighted by molar-refractivity contribution is 5.79. The Bertz CT molecular complexity index is 533. The van der Waals surface area contributed by atoms with E-state index >= 15 is 0 Å². The first-order valence-corrected chi connectivity index (χ1v) is 9.63. The van der Waals surface area contributed by atoms with Gasteiger partial charge in [-0.15, -0.1) is 0 Å². The van der Waals surface area contributed by atoms with Crippen LogP contribution in [0.3, 0.4) is 0 Å². The van der Waals surface area contributed by atoms with Gasteiger partial charge in [0.25, 0.3) is 0 Å². The van der Waals surface area contributed by atoms with Crippen molar-refractivity contribution in [3.63, 3.8) is 0 Å². The van der Waals surface area contributed by atoms with Crippen LogP contribution in [0, 0.1) is 5.92 Å². The number of ether oxygens (including phenoxy) is 1. The zero-order valence-electron chi connectivity index (χ0n) is 16.5. The van der Waals surface area contributed by atoms with Gasteiger partial charge < -0.3 is 14.5 Å². The summed E-state index contributed by atoms with van der Waals surface area (Å²) in [5.74, 6) is 1.40. The molecule has 140 valence electrons. The van der Waals surface area contributed by atoms with Gasteiger partial charge in [-0.3, -0.25) is 4.79 Å². The lowest BCUT2D eigenvalue weighted by Crippen LogP contribution is -2.47. The molecule has 1 atom stereocenters. The first kappa shape index (κ1) is 19.8. The summed E-state index contributed by atoms with van der Waals surface area (Å²) in [5.41, 5.74) is 1.24. The number of benzene rings is 1. The molecule has 0 unspecified atom stereocenters. The maximum atomic E-state index is 13.0. The van der Waals surface area contributed by atoms with Gasteiger partial charge in [0.2, 0.25) is 5.91 Å². The lowest BCUT2D eigenvalue weighted by Gasteiger charge is -2.37. The molecule has 4 nitrogen and oxygen atoms in total. The average molecular weight is 347 g/mol. The second-order valence-corrected chi connectivity index (χ2v) is 7.43. The van der Waals surface area contributed by atoms with E-state index in [2.05, 4.69) is 49.6 Å². The topological polar surface area (TPSA) is 32.8 Å². The van der Waals surface area contributed by atoms with Crippen molar-refractivity contribution in [2.45, 2.75) is 59.0 Å². The van der Waals surface area contributed by atoms with Crippen LogP contribution in [0.15, 0.2) is 24.3 Å². The predicted octanol–water partition coefficient (Wildman–Crippen LogP) is 3.60. The van der Waals surface area contributed by atoms with Gasteiger partial charge >= 0.3 is 0 Å². The number of piperidine rings is 1. The number of nitrogens with zero attached hydrogens (tertiary/aromatic N) is 2. The molecule has 0 bridgehead atoms. The molecule has 1 aliphatic rings. The fourth-order valence-corrected chi connectivity index (χ4v) is 3.79. The first-order valence-electron chi connectivity index (χ1n) is 9.63. The van der Waals surface area contributed by atoms with E-state index in [0.29, 0.717) is 11.9 Å². The van der Waals surface area contributed by atoms with Crippen LogP contribution in [0.4, 0.5) is 0 Å². The smallest absolute Gasteiger partial charge is 0.226 e. The summed E-state index contributed by atoms with van der Waals surface area (Å²) in [5, 5.41) is 0. The largest absolute Gasteiger partial charge is 0.497 e. The molecule has 1 aromatic rings. The Morgan fingerprint density at radius 2 is 1.80 bits per heavy atom. The molecule has 1 heterocycles. The van der Waals surface area contributed by atoms with Crippen LogP contribution in [-0.4, -0.2) is 54.5 Å². The average Bonchev–Trinajstić information content (AvgIpc) is 2.63.